The monoisotopic (exact) mass is 400 g/mol. The standard InChI is InChI=1S/C19H24N6O2S/c1-14-5-2-3-8-23(14)9-7-20-18(26)12-24-19(27)16-11-15(17-6-4-10-28-17)22-25(16)13-21-24/h4,6,10-11,13-14H,2-3,5,7-9,12H2,1H3,(H,20,26). The van der Waals surface area contributed by atoms with Crippen LogP contribution in [0, 0.1) is 0 Å². The zero-order valence-corrected chi connectivity index (χ0v) is 16.7. The van der Waals surface area contributed by atoms with Crippen LogP contribution >= 0.6 is 11.3 Å². The first kappa shape index (κ1) is 18.8. The fraction of sp³-hybridized carbons (Fsp3) is 0.474. The first-order valence-corrected chi connectivity index (χ1v) is 10.5. The lowest BCUT2D eigenvalue weighted by Gasteiger charge is -2.33. The number of hydrogen-bond donors (Lipinski definition) is 1. The zero-order chi connectivity index (χ0) is 19.5. The number of likely N-dealkylation sites (tertiary alicyclic amines) is 1. The Morgan fingerprint density at radius 2 is 2.29 bits per heavy atom. The zero-order valence-electron chi connectivity index (χ0n) is 15.9. The molecule has 0 radical (unpaired) electrons. The summed E-state index contributed by atoms with van der Waals surface area (Å²) in [5.74, 6) is -0.207. The van der Waals surface area contributed by atoms with Crippen LogP contribution in [0.15, 0.2) is 34.7 Å². The van der Waals surface area contributed by atoms with E-state index in [-0.39, 0.29) is 18.0 Å². The summed E-state index contributed by atoms with van der Waals surface area (Å²) < 4.78 is 2.65. The molecular formula is C19H24N6O2S. The summed E-state index contributed by atoms with van der Waals surface area (Å²) in [6, 6.07) is 6.20. The molecule has 3 aromatic heterocycles. The van der Waals surface area contributed by atoms with Gasteiger partial charge >= 0.3 is 0 Å². The number of aromatic nitrogens is 4. The van der Waals surface area contributed by atoms with Gasteiger partial charge in [-0.05, 0) is 43.8 Å². The molecule has 1 amide bonds. The number of amides is 1. The molecule has 1 saturated heterocycles. The number of carbonyl (C=O) groups is 1. The number of piperidine rings is 1. The minimum atomic E-state index is -0.322. The van der Waals surface area contributed by atoms with Crippen molar-refractivity contribution in [1.82, 2.24) is 29.6 Å². The van der Waals surface area contributed by atoms with Crippen LogP contribution in [0.5, 0.6) is 0 Å². The lowest BCUT2D eigenvalue weighted by atomic mass is 10.0. The first-order valence-electron chi connectivity index (χ1n) is 9.62. The van der Waals surface area contributed by atoms with Crippen molar-refractivity contribution in [3.63, 3.8) is 0 Å². The fourth-order valence-corrected chi connectivity index (χ4v) is 4.30. The van der Waals surface area contributed by atoms with Crippen molar-refractivity contribution in [3.05, 3.63) is 40.3 Å². The Morgan fingerprint density at radius 3 is 3.07 bits per heavy atom. The van der Waals surface area contributed by atoms with Crippen molar-refractivity contribution < 1.29 is 4.79 Å². The SMILES string of the molecule is CC1CCCCN1CCNC(=O)Cn1ncn2nc(-c3cccs3)cc2c1=O. The average Bonchev–Trinajstić information content (AvgIpc) is 3.35. The highest BCUT2D eigenvalue weighted by Gasteiger charge is 2.18. The third-order valence-electron chi connectivity index (χ3n) is 5.22. The molecule has 148 valence electrons. The van der Waals surface area contributed by atoms with Gasteiger partial charge in [-0.25, -0.2) is 9.20 Å². The van der Waals surface area contributed by atoms with Crippen molar-refractivity contribution in [3.8, 4) is 10.6 Å². The summed E-state index contributed by atoms with van der Waals surface area (Å²) in [6.07, 6.45) is 5.18. The number of thiophene rings is 1. The Morgan fingerprint density at radius 1 is 1.39 bits per heavy atom. The van der Waals surface area contributed by atoms with Crippen LogP contribution in [0.3, 0.4) is 0 Å². The van der Waals surface area contributed by atoms with E-state index in [9.17, 15) is 9.59 Å². The van der Waals surface area contributed by atoms with Gasteiger partial charge in [0.05, 0.1) is 4.88 Å². The Kier molecular flexibility index (Phi) is 5.54. The maximum Gasteiger partial charge on any atom is 0.293 e. The topological polar surface area (TPSA) is 84.5 Å². The van der Waals surface area contributed by atoms with E-state index in [0.717, 1.165) is 23.7 Å². The van der Waals surface area contributed by atoms with E-state index in [1.165, 1.54) is 34.8 Å². The van der Waals surface area contributed by atoms with Crippen LogP contribution < -0.4 is 10.9 Å². The highest BCUT2D eigenvalue weighted by atomic mass is 32.1. The first-order chi connectivity index (χ1) is 13.6. The molecule has 0 aromatic carbocycles. The van der Waals surface area contributed by atoms with E-state index in [2.05, 4.69) is 27.3 Å². The lowest BCUT2D eigenvalue weighted by molar-refractivity contribution is -0.122. The van der Waals surface area contributed by atoms with Crippen molar-refractivity contribution in [2.45, 2.75) is 38.8 Å². The molecule has 1 atom stereocenters. The quantitative estimate of drug-likeness (QED) is 0.680. The van der Waals surface area contributed by atoms with E-state index in [4.69, 9.17) is 0 Å². The summed E-state index contributed by atoms with van der Waals surface area (Å²) in [5.41, 5.74) is 0.817. The Hall–Kier alpha value is -2.52. The summed E-state index contributed by atoms with van der Waals surface area (Å²) in [5, 5.41) is 13.3. The van der Waals surface area contributed by atoms with E-state index in [1.54, 1.807) is 17.4 Å². The summed E-state index contributed by atoms with van der Waals surface area (Å²) >= 11 is 1.56. The van der Waals surface area contributed by atoms with E-state index in [0.29, 0.717) is 18.1 Å². The number of nitrogens with zero attached hydrogens (tertiary/aromatic N) is 5. The smallest absolute Gasteiger partial charge is 0.293 e. The molecule has 0 saturated carbocycles. The van der Waals surface area contributed by atoms with Crippen LogP contribution in [-0.2, 0) is 11.3 Å². The van der Waals surface area contributed by atoms with E-state index in [1.807, 2.05) is 17.5 Å². The fourth-order valence-electron chi connectivity index (χ4n) is 3.62. The molecule has 0 aliphatic carbocycles. The van der Waals surface area contributed by atoms with E-state index >= 15 is 0 Å². The highest BCUT2D eigenvalue weighted by Crippen LogP contribution is 2.23. The van der Waals surface area contributed by atoms with Gasteiger partial charge in [0, 0.05) is 19.1 Å². The molecule has 28 heavy (non-hydrogen) atoms. The second-order valence-electron chi connectivity index (χ2n) is 7.16. The van der Waals surface area contributed by atoms with Crippen LogP contribution in [0.25, 0.3) is 16.1 Å². The minimum absolute atomic E-state index is 0.0929. The molecule has 1 fully saturated rings. The largest absolute Gasteiger partial charge is 0.353 e. The lowest BCUT2D eigenvalue weighted by Crippen LogP contribution is -2.43. The van der Waals surface area contributed by atoms with Crippen LogP contribution in [0.1, 0.15) is 26.2 Å². The predicted octanol–water partition coefficient (Wildman–Crippen LogP) is 1.61. The molecular weight excluding hydrogens is 376 g/mol. The second-order valence-corrected chi connectivity index (χ2v) is 8.11. The molecule has 1 aliphatic rings. The third kappa shape index (κ3) is 4.00. The Balaban J connectivity index is 1.39. The third-order valence-corrected chi connectivity index (χ3v) is 6.11. The van der Waals surface area contributed by atoms with Crippen molar-refractivity contribution >= 4 is 22.8 Å². The Labute approximate surface area is 166 Å². The minimum Gasteiger partial charge on any atom is -0.353 e. The van der Waals surface area contributed by atoms with Crippen molar-refractivity contribution in [2.75, 3.05) is 19.6 Å². The highest BCUT2D eigenvalue weighted by molar-refractivity contribution is 7.13. The molecule has 4 heterocycles. The van der Waals surface area contributed by atoms with Gasteiger partial charge in [-0.1, -0.05) is 12.5 Å². The van der Waals surface area contributed by atoms with Gasteiger partial charge in [-0.15, -0.1) is 11.3 Å². The van der Waals surface area contributed by atoms with Gasteiger partial charge in [0.25, 0.3) is 5.56 Å². The maximum atomic E-state index is 12.7. The predicted molar refractivity (Wildman–Crippen MR) is 108 cm³/mol. The molecule has 1 unspecified atom stereocenters. The number of nitrogens with one attached hydrogen (secondary N) is 1. The summed E-state index contributed by atoms with van der Waals surface area (Å²) in [7, 11) is 0. The summed E-state index contributed by atoms with van der Waals surface area (Å²) in [6.45, 7) is 4.64. The van der Waals surface area contributed by atoms with Gasteiger partial charge in [0.15, 0.2) is 0 Å². The molecule has 4 rings (SSSR count). The van der Waals surface area contributed by atoms with Gasteiger partial charge in [-0.3, -0.25) is 14.5 Å². The van der Waals surface area contributed by atoms with Gasteiger partial charge in [0.2, 0.25) is 5.91 Å². The molecule has 0 spiro atoms. The second kappa shape index (κ2) is 8.24. The molecule has 3 aromatic rings. The molecule has 8 nitrogen and oxygen atoms in total. The summed E-state index contributed by atoms with van der Waals surface area (Å²) in [4.78, 5) is 28.3. The van der Waals surface area contributed by atoms with Crippen molar-refractivity contribution in [2.24, 2.45) is 0 Å². The van der Waals surface area contributed by atoms with Crippen LogP contribution in [-0.4, -0.2) is 55.9 Å². The maximum absolute atomic E-state index is 12.7. The number of fused-ring (bicyclic) bond motifs is 1. The Bertz CT molecular complexity index is 1010. The van der Waals surface area contributed by atoms with Crippen LogP contribution in [0.4, 0.5) is 0 Å². The number of rotatable bonds is 6. The van der Waals surface area contributed by atoms with E-state index < -0.39 is 0 Å². The molecule has 1 aliphatic heterocycles. The normalized spacial score (nSPS) is 17.8. The van der Waals surface area contributed by atoms with Gasteiger partial charge in [-0.2, -0.15) is 10.2 Å². The molecule has 0 bridgehead atoms. The van der Waals surface area contributed by atoms with Crippen LogP contribution in [0.2, 0.25) is 0 Å². The molecule has 1 N–H and O–H groups in total. The van der Waals surface area contributed by atoms with Gasteiger partial charge < -0.3 is 5.32 Å². The number of carbonyl (C=O) groups excluding carboxylic acids is 1. The average molecular weight is 401 g/mol. The molecule has 9 heteroatoms. The van der Waals surface area contributed by atoms with Gasteiger partial charge in [0.1, 0.15) is 24.1 Å². The number of hydrogen-bond acceptors (Lipinski definition) is 6. The van der Waals surface area contributed by atoms with Crippen molar-refractivity contribution in [1.29, 1.82) is 0 Å².